The van der Waals surface area contributed by atoms with Gasteiger partial charge in [-0.1, -0.05) is 25.0 Å². The monoisotopic (exact) mass is 222 g/mol. The van der Waals surface area contributed by atoms with E-state index in [0.717, 1.165) is 25.2 Å². The predicted octanol–water partition coefficient (Wildman–Crippen LogP) is 3.62. The number of hydrogen-bond acceptors (Lipinski definition) is 1. The maximum Gasteiger partial charge on any atom is 0.306 e. The summed E-state index contributed by atoms with van der Waals surface area (Å²) in [6, 6.07) is 0. The molecule has 2 rings (SSSR count). The molecule has 16 heavy (non-hydrogen) atoms. The van der Waals surface area contributed by atoms with Crippen molar-refractivity contribution in [1.82, 2.24) is 0 Å². The molecule has 1 N–H and O–H groups in total. The molecule has 90 valence electrons. The molecule has 2 nitrogen and oxygen atoms in total. The molecule has 0 aliphatic heterocycles. The van der Waals surface area contributed by atoms with E-state index in [1.54, 1.807) is 0 Å². The quantitative estimate of drug-likeness (QED) is 0.740. The van der Waals surface area contributed by atoms with E-state index < -0.39 is 5.97 Å². The second-order valence-electron chi connectivity index (χ2n) is 5.45. The van der Waals surface area contributed by atoms with E-state index in [9.17, 15) is 4.79 Å². The van der Waals surface area contributed by atoms with Gasteiger partial charge in [-0.25, -0.2) is 0 Å². The van der Waals surface area contributed by atoms with Gasteiger partial charge in [0.25, 0.3) is 0 Å². The maximum atomic E-state index is 11.0. The van der Waals surface area contributed by atoms with E-state index in [-0.39, 0.29) is 5.92 Å². The van der Waals surface area contributed by atoms with Crippen LogP contribution in [0.4, 0.5) is 0 Å². The van der Waals surface area contributed by atoms with Crippen LogP contribution < -0.4 is 0 Å². The predicted molar refractivity (Wildman–Crippen MR) is 64.2 cm³/mol. The van der Waals surface area contributed by atoms with E-state index in [0.29, 0.717) is 5.92 Å². The molecular weight excluding hydrogens is 200 g/mol. The third-order valence-corrected chi connectivity index (χ3v) is 4.18. The SMILES string of the molecule is O=C(O)C1CCCC(CC2CC=CCC2)C1. The number of allylic oxidation sites excluding steroid dienone is 2. The van der Waals surface area contributed by atoms with Crippen LogP contribution in [0.25, 0.3) is 0 Å². The van der Waals surface area contributed by atoms with Crippen molar-refractivity contribution < 1.29 is 9.90 Å². The standard InChI is InChI=1S/C14H22O2/c15-14(16)13-8-4-7-12(10-13)9-11-5-2-1-3-6-11/h1-2,11-13H,3-10H2,(H,15,16). The van der Waals surface area contributed by atoms with E-state index >= 15 is 0 Å². The molecule has 1 fully saturated rings. The first-order valence-electron chi connectivity index (χ1n) is 6.63. The van der Waals surface area contributed by atoms with E-state index in [1.165, 1.54) is 32.1 Å². The number of carboxylic acids is 1. The highest BCUT2D eigenvalue weighted by Gasteiger charge is 2.28. The summed E-state index contributed by atoms with van der Waals surface area (Å²) in [7, 11) is 0. The molecule has 0 bridgehead atoms. The van der Waals surface area contributed by atoms with Crippen LogP contribution in [-0.4, -0.2) is 11.1 Å². The van der Waals surface area contributed by atoms with Crippen LogP contribution in [0.15, 0.2) is 12.2 Å². The first-order valence-corrected chi connectivity index (χ1v) is 6.63. The van der Waals surface area contributed by atoms with E-state index in [1.807, 2.05) is 0 Å². The van der Waals surface area contributed by atoms with Gasteiger partial charge < -0.3 is 5.11 Å². The van der Waals surface area contributed by atoms with Crippen molar-refractivity contribution in [3.8, 4) is 0 Å². The topological polar surface area (TPSA) is 37.3 Å². The van der Waals surface area contributed by atoms with Crippen molar-refractivity contribution in [3.63, 3.8) is 0 Å². The average molecular weight is 222 g/mol. The first kappa shape index (κ1) is 11.7. The Labute approximate surface area is 97.7 Å². The van der Waals surface area contributed by atoms with Crippen molar-refractivity contribution in [2.75, 3.05) is 0 Å². The molecule has 0 heterocycles. The van der Waals surface area contributed by atoms with Gasteiger partial charge in [0.05, 0.1) is 5.92 Å². The Morgan fingerprint density at radius 3 is 2.75 bits per heavy atom. The number of rotatable bonds is 3. The molecule has 0 saturated heterocycles. The summed E-state index contributed by atoms with van der Waals surface area (Å²) in [5.41, 5.74) is 0. The van der Waals surface area contributed by atoms with Gasteiger partial charge in [0.1, 0.15) is 0 Å². The van der Waals surface area contributed by atoms with Gasteiger partial charge in [0, 0.05) is 0 Å². The molecule has 2 aliphatic rings. The minimum Gasteiger partial charge on any atom is -0.481 e. The average Bonchev–Trinajstić information content (AvgIpc) is 2.30. The highest BCUT2D eigenvalue weighted by molar-refractivity contribution is 5.70. The van der Waals surface area contributed by atoms with Gasteiger partial charge >= 0.3 is 5.97 Å². The van der Waals surface area contributed by atoms with Crippen molar-refractivity contribution in [1.29, 1.82) is 0 Å². The second kappa shape index (κ2) is 5.51. The van der Waals surface area contributed by atoms with Crippen molar-refractivity contribution >= 4 is 5.97 Å². The fraction of sp³-hybridized carbons (Fsp3) is 0.786. The zero-order chi connectivity index (χ0) is 11.4. The number of carboxylic acid groups (broad SMARTS) is 1. The Kier molecular flexibility index (Phi) is 4.03. The van der Waals surface area contributed by atoms with Crippen LogP contribution in [0.2, 0.25) is 0 Å². The van der Waals surface area contributed by atoms with Gasteiger partial charge in [-0.2, -0.15) is 0 Å². The van der Waals surface area contributed by atoms with Crippen molar-refractivity contribution in [2.45, 2.75) is 51.4 Å². The number of aliphatic carboxylic acids is 1. The molecule has 0 radical (unpaired) electrons. The first-order chi connectivity index (χ1) is 7.75. The minimum atomic E-state index is -0.576. The minimum absolute atomic E-state index is 0.0575. The van der Waals surface area contributed by atoms with Gasteiger partial charge in [0.15, 0.2) is 0 Å². The molecule has 0 amide bonds. The Morgan fingerprint density at radius 2 is 2.06 bits per heavy atom. The normalized spacial score (nSPS) is 34.9. The lowest BCUT2D eigenvalue weighted by atomic mass is 9.75. The third kappa shape index (κ3) is 3.10. The maximum absolute atomic E-state index is 11.0. The lowest BCUT2D eigenvalue weighted by Gasteiger charge is -2.30. The van der Waals surface area contributed by atoms with Gasteiger partial charge in [0.2, 0.25) is 0 Å². The van der Waals surface area contributed by atoms with E-state index in [4.69, 9.17) is 5.11 Å². The summed E-state index contributed by atoms with van der Waals surface area (Å²) in [5.74, 6) is 0.861. The molecule has 2 heteroatoms. The molecule has 0 aromatic heterocycles. The lowest BCUT2D eigenvalue weighted by molar-refractivity contribution is -0.143. The van der Waals surface area contributed by atoms with E-state index in [2.05, 4.69) is 12.2 Å². The fourth-order valence-electron chi connectivity index (χ4n) is 3.27. The number of carbonyl (C=O) groups is 1. The Balaban J connectivity index is 1.80. The Morgan fingerprint density at radius 1 is 1.19 bits per heavy atom. The summed E-state index contributed by atoms with van der Waals surface area (Å²) in [6.07, 6.45) is 13.8. The van der Waals surface area contributed by atoms with Crippen molar-refractivity contribution in [3.05, 3.63) is 12.2 Å². The van der Waals surface area contributed by atoms with Gasteiger partial charge in [-0.15, -0.1) is 0 Å². The van der Waals surface area contributed by atoms with Gasteiger partial charge in [-0.05, 0) is 50.4 Å². The molecule has 3 unspecified atom stereocenters. The highest BCUT2D eigenvalue weighted by Crippen LogP contribution is 2.36. The molecule has 0 aromatic rings. The Bertz CT molecular complexity index is 270. The summed E-state index contributed by atoms with van der Waals surface area (Å²) in [4.78, 5) is 11.0. The smallest absolute Gasteiger partial charge is 0.306 e. The van der Waals surface area contributed by atoms with Crippen LogP contribution in [0, 0.1) is 17.8 Å². The van der Waals surface area contributed by atoms with Crippen LogP contribution in [0.5, 0.6) is 0 Å². The summed E-state index contributed by atoms with van der Waals surface area (Å²) in [5, 5.41) is 9.05. The van der Waals surface area contributed by atoms with Gasteiger partial charge in [-0.3, -0.25) is 4.79 Å². The molecule has 0 aromatic carbocycles. The third-order valence-electron chi connectivity index (χ3n) is 4.18. The van der Waals surface area contributed by atoms with Crippen LogP contribution in [0.3, 0.4) is 0 Å². The summed E-state index contributed by atoms with van der Waals surface area (Å²) >= 11 is 0. The molecule has 2 aliphatic carbocycles. The van der Waals surface area contributed by atoms with Crippen LogP contribution >= 0.6 is 0 Å². The zero-order valence-corrected chi connectivity index (χ0v) is 9.90. The molecule has 3 atom stereocenters. The summed E-state index contributed by atoms with van der Waals surface area (Å²) in [6.45, 7) is 0. The largest absolute Gasteiger partial charge is 0.481 e. The van der Waals surface area contributed by atoms with Crippen LogP contribution in [-0.2, 0) is 4.79 Å². The molecular formula is C14H22O2. The van der Waals surface area contributed by atoms with Crippen molar-refractivity contribution in [2.24, 2.45) is 17.8 Å². The summed E-state index contributed by atoms with van der Waals surface area (Å²) < 4.78 is 0. The zero-order valence-electron chi connectivity index (χ0n) is 9.90. The second-order valence-corrected chi connectivity index (χ2v) is 5.45. The van der Waals surface area contributed by atoms with Crippen LogP contribution in [0.1, 0.15) is 51.4 Å². The highest BCUT2D eigenvalue weighted by atomic mass is 16.4. The fourth-order valence-corrected chi connectivity index (χ4v) is 3.27. The lowest BCUT2D eigenvalue weighted by Crippen LogP contribution is -2.24. The molecule has 1 saturated carbocycles. The molecule has 0 spiro atoms. The Hall–Kier alpha value is -0.790. The number of hydrogen-bond donors (Lipinski definition) is 1.